The highest BCUT2D eigenvalue weighted by Crippen LogP contribution is 2.20. The number of piperazine rings is 1. The zero-order valence-electron chi connectivity index (χ0n) is 16.0. The molecule has 0 bridgehead atoms. The summed E-state index contributed by atoms with van der Waals surface area (Å²) in [5, 5.41) is 4.24. The Morgan fingerprint density at radius 2 is 1.85 bits per heavy atom. The van der Waals surface area contributed by atoms with Gasteiger partial charge in [-0.25, -0.2) is 0 Å². The van der Waals surface area contributed by atoms with E-state index in [0.29, 0.717) is 18.6 Å². The van der Waals surface area contributed by atoms with Gasteiger partial charge in [0.15, 0.2) is 0 Å². The van der Waals surface area contributed by atoms with Crippen molar-refractivity contribution < 1.29 is 4.79 Å². The highest BCUT2D eigenvalue weighted by molar-refractivity contribution is 6.30. The number of amides is 1. The van der Waals surface area contributed by atoms with Gasteiger partial charge in [-0.2, -0.15) is 0 Å². The van der Waals surface area contributed by atoms with Crippen LogP contribution in [-0.2, 0) is 4.79 Å². The van der Waals surface area contributed by atoms with E-state index in [0.717, 1.165) is 62.8 Å². The molecule has 0 atom stereocenters. The van der Waals surface area contributed by atoms with Crippen molar-refractivity contribution in [1.29, 1.82) is 0 Å². The predicted molar refractivity (Wildman–Crippen MR) is 108 cm³/mol. The van der Waals surface area contributed by atoms with Crippen LogP contribution in [-0.4, -0.2) is 73.6 Å². The zero-order chi connectivity index (χ0) is 18.5. The van der Waals surface area contributed by atoms with Gasteiger partial charge in [-0.05, 0) is 58.0 Å². The third kappa shape index (κ3) is 5.12. The van der Waals surface area contributed by atoms with Crippen LogP contribution in [0.4, 0.5) is 5.69 Å². The number of nitrogens with one attached hydrogen (secondary N) is 1. The van der Waals surface area contributed by atoms with Crippen LogP contribution in [0.15, 0.2) is 24.3 Å². The molecule has 0 aromatic heterocycles. The minimum atomic E-state index is 0.224. The molecule has 2 saturated heterocycles. The number of halogens is 1. The average molecular weight is 379 g/mol. The number of piperidine rings is 1. The lowest BCUT2D eigenvalue weighted by Crippen LogP contribution is -2.52. The number of nitrogens with zero attached hydrogens (tertiary/aromatic N) is 3. The van der Waals surface area contributed by atoms with Crippen molar-refractivity contribution >= 4 is 23.2 Å². The van der Waals surface area contributed by atoms with Crippen LogP contribution in [0.25, 0.3) is 0 Å². The summed E-state index contributed by atoms with van der Waals surface area (Å²) in [4.78, 5) is 19.3. The Labute approximate surface area is 162 Å². The maximum Gasteiger partial charge on any atom is 0.236 e. The molecule has 0 saturated carbocycles. The predicted octanol–water partition coefficient (Wildman–Crippen LogP) is 2.45. The molecule has 1 amide bonds. The Morgan fingerprint density at radius 1 is 1.15 bits per heavy atom. The van der Waals surface area contributed by atoms with Crippen LogP contribution < -0.4 is 10.2 Å². The van der Waals surface area contributed by atoms with Gasteiger partial charge in [0, 0.05) is 49.0 Å². The second kappa shape index (κ2) is 9.07. The number of likely N-dealkylation sites (tertiary alicyclic amines) is 1. The molecule has 2 heterocycles. The molecule has 2 aliphatic heterocycles. The molecule has 1 aromatic carbocycles. The van der Waals surface area contributed by atoms with Gasteiger partial charge in [0.1, 0.15) is 0 Å². The Bertz CT molecular complexity index is 593. The van der Waals surface area contributed by atoms with Crippen LogP contribution in [0, 0.1) is 0 Å². The maximum atomic E-state index is 12.5. The minimum Gasteiger partial charge on any atom is -0.368 e. The molecular formula is C20H31ClN4O. The normalized spacial score (nSPS) is 20.0. The van der Waals surface area contributed by atoms with Gasteiger partial charge in [-0.3, -0.25) is 4.79 Å². The monoisotopic (exact) mass is 378 g/mol. The second-order valence-corrected chi connectivity index (χ2v) is 8.07. The largest absolute Gasteiger partial charge is 0.368 e. The van der Waals surface area contributed by atoms with E-state index in [4.69, 9.17) is 11.6 Å². The van der Waals surface area contributed by atoms with E-state index in [1.807, 2.05) is 23.1 Å². The van der Waals surface area contributed by atoms with E-state index in [9.17, 15) is 4.79 Å². The van der Waals surface area contributed by atoms with Gasteiger partial charge < -0.3 is 20.0 Å². The molecule has 2 aliphatic rings. The van der Waals surface area contributed by atoms with Crippen LogP contribution in [0.2, 0.25) is 5.02 Å². The Balaban J connectivity index is 1.39. The summed E-state index contributed by atoms with van der Waals surface area (Å²) in [6.07, 6.45) is 2.27. The van der Waals surface area contributed by atoms with Crippen molar-refractivity contribution in [3.8, 4) is 0 Å². The molecule has 1 aromatic rings. The quantitative estimate of drug-likeness (QED) is 0.854. The molecule has 144 valence electrons. The molecule has 3 rings (SSSR count). The highest BCUT2D eigenvalue weighted by Gasteiger charge is 2.24. The molecule has 5 nitrogen and oxygen atoms in total. The van der Waals surface area contributed by atoms with Gasteiger partial charge in [-0.1, -0.05) is 17.7 Å². The zero-order valence-corrected chi connectivity index (χ0v) is 16.7. The van der Waals surface area contributed by atoms with Crippen molar-refractivity contribution in [2.45, 2.75) is 38.8 Å². The summed E-state index contributed by atoms with van der Waals surface area (Å²) in [7, 11) is 0. The number of carbonyl (C=O) groups excluding carboxylic acids is 1. The molecule has 0 aliphatic carbocycles. The number of anilines is 1. The fourth-order valence-corrected chi connectivity index (χ4v) is 4.03. The van der Waals surface area contributed by atoms with Gasteiger partial charge in [0.05, 0.1) is 6.54 Å². The summed E-state index contributed by atoms with van der Waals surface area (Å²) < 4.78 is 0. The Kier molecular flexibility index (Phi) is 6.79. The number of rotatable bonds is 5. The standard InChI is InChI=1S/C20H31ClN4O/c1-16(2)23-8-6-18(7-9-23)22-15-20(26)25-12-10-24(11-13-25)19-5-3-4-17(21)14-19/h3-5,14,16,18,22H,6-13,15H2,1-2H3. The van der Waals surface area contributed by atoms with E-state index in [2.05, 4.69) is 35.0 Å². The summed E-state index contributed by atoms with van der Waals surface area (Å²) in [6.45, 7) is 10.5. The molecular weight excluding hydrogens is 348 g/mol. The average Bonchev–Trinajstić information content (AvgIpc) is 2.66. The fraction of sp³-hybridized carbons (Fsp3) is 0.650. The molecule has 1 N–H and O–H groups in total. The van der Waals surface area contributed by atoms with Crippen molar-refractivity contribution in [2.75, 3.05) is 50.7 Å². The first-order chi connectivity index (χ1) is 12.5. The minimum absolute atomic E-state index is 0.224. The van der Waals surface area contributed by atoms with E-state index >= 15 is 0 Å². The molecule has 0 unspecified atom stereocenters. The maximum absolute atomic E-state index is 12.5. The van der Waals surface area contributed by atoms with Crippen LogP contribution >= 0.6 is 11.6 Å². The number of carbonyl (C=O) groups is 1. The van der Waals surface area contributed by atoms with E-state index in [-0.39, 0.29) is 5.91 Å². The molecule has 2 fully saturated rings. The molecule has 0 radical (unpaired) electrons. The second-order valence-electron chi connectivity index (χ2n) is 7.63. The number of hydrogen-bond acceptors (Lipinski definition) is 4. The highest BCUT2D eigenvalue weighted by atomic mass is 35.5. The fourth-order valence-electron chi connectivity index (χ4n) is 3.85. The SMILES string of the molecule is CC(C)N1CCC(NCC(=O)N2CCN(c3cccc(Cl)c3)CC2)CC1. The van der Waals surface area contributed by atoms with E-state index in [1.54, 1.807) is 0 Å². The molecule has 0 spiro atoms. The van der Waals surface area contributed by atoms with E-state index in [1.165, 1.54) is 0 Å². The van der Waals surface area contributed by atoms with Gasteiger partial charge >= 0.3 is 0 Å². The van der Waals surface area contributed by atoms with Crippen molar-refractivity contribution in [1.82, 2.24) is 15.1 Å². The summed E-state index contributed by atoms with van der Waals surface area (Å²) in [6, 6.07) is 9.03. The first-order valence-corrected chi connectivity index (χ1v) is 10.2. The molecule has 26 heavy (non-hydrogen) atoms. The molecule has 6 heteroatoms. The number of benzene rings is 1. The van der Waals surface area contributed by atoms with Crippen molar-refractivity contribution in [3.05, 3.63) is 29.3 Å². The van der Waals surface area contributed by atoms with Crippen LogP contribution in [0.5, 0.6) is 0 Å². The third-order valence-electron chi connectivity index (χ3n) is 5.61. The summed E-state index contributed by atoms with van der Waals surface area (Å²) >= 11 is 6.08. The smallest absolute Gasteiger partial charge is 0.236 e. The van der Waals surface area contributed by atoms with Crippen LogP contribution in [0.1, 0.15) is 26.7 Å². The lowest BCUT2D eigenvalue weighted by Gasteiger charge is -2.37. The van der Waals surface area contributed by atoms with Crippen LogP contribution in [0.3, 0.4) is 0 Å². The van der Waals surface area contributed by atoms with Crippen molar-refractivity contribution in [2.24, 2.45) is 0 Å². The van der Waals surface area contributed by atoms with Gasteiger partial charge in [0.2, 0.25) is 5.91 Å². The Morgan fingerprint density at radius 3 is 2.46 bits per heavy atom. The van der Waals surface area contributed by atoms with Gasteiger partial charge in [-0.15, -0.1) is 0 Å². The van der Waals surface area contributed by atoms with Crippen molar-refractivity contribution in [3.63, 3.8) is 0 Å². The summed E-state index contributed by atoms with van der Waals surface area (Å²) in [5.41, 5.74) is 1.14. The third-order valence-corrected chi connectivity index (χ3v) is 5.84. The Hall–Kier alpha value is -1.30. The lowest BCUT2D eigenvalue weighted by molar-refractivity contribution is -0.130. The summed E-state index contributed by atoms with van der Waals surface area (Å²) in [5.74, 6) is 0.224. The lowest BCUT2D eigenvalue weighted by atomic mass is 10.0. The van der Waals surface area contributed by atoms with E-state index < -0.39 is 0 Å². The topological polar surface area (TPSA) is 38.8 Å². The number of hydrogen-bond donors (Lipinski definition) is 1. The van der Waals surface area contributed by atoms with Gasteiger partial charge in [0.25, 0.3) is 0 Å². The first kappa shape index (κ1) is 19.5. The first-order valence-electron chi connectivity index (χ1n) is 9.78.